The van der Waals surface area contributed by atoms with Crippen molar-refractivity contribution in [3.63, 3.8) is 0 Å². The molecule has 212 valence electrons. The van der Waals surface area contributed by atoms with E-state index in [9.17, 15) is 19.1 Å². The summed E-state index contributed by atoms with van der Waals surface area (Å²) >= 11 is 0. The first-order valence-electron chi connectivity index (χ1n) is 14.5. The first kappa shape index (κ1) is 27.5. The number of carbonyl (C=O) groups is 2. The molecule has 0 spiro atoms. The molecule has 1 fully saturated rings. The lowest BCUT2D eigenvalue weighted by molar-refractivity contribution is -0.143. The number of carboxylic acid groups (broad SMARTS) is 1. The van der Waals surface area contributed by atoms with E-state index < -0.39 is 5.97 Å². The number of aromatic nitrogens is 1. The van der Waals surface area contributed by atoms with Crippen LogP contribution in [0.4, 0.5) is 4.39 Å². The van der Waals surface area contributed by atoms with Crippen molar-refractivity contribution in [2.75, 3.05) is 6.54 Å². The third-order valence-electron chi connectivity index (χ3n) is 8.44. The van der Waals surface area contributed by atoms with E-state index in [2.05, 4.69) is 34.1 Å². The number of nitrogens with zero attached hydrogens (tertiary/aromatic N) is 1. The normalized spacial score (nSPS) is 16.8. The minimum atomic E-state index is -0.719. The Balaban J connectivity index is 1.27. The van der Waals surface area contributed by atoms with Crippen LogP contribution in [-0.4, -0.2) is 28.1 Å². The van der Waals surface area contributed by atoms with Gasteiger partial charge in [-0.1, -0.05) is 66.7 Å². The summed E-state index contributed by atoms with van der Waals surface area (Å²) in [6.45, 7) is 1.13. The molecular weight excluding hydrogens is 527 g/mol. The van der Waals surface area contributed by atoms with Gasteiger partial charge >= 0.3 is 5.97 Å². The summed E-state index contributed by atoms with van der Waals surface area (Å²) in [4.78, 5) is 25.1. The molecule has 1 saturated carbocycles. The number of amides is 1. The third kappa shape index (κ3) is 5.98. The van der Waals surface area contributed by atoms with E-state index in [0.29, 0.717) is 31.5 Å². The van der Waals surface area contributed by atoms with Crippen LogP contribution >= 0.6 is 0 Å². The molecule has 4 aromatic carbocycles. The fourth-order valence-corrected chi connectivity index (χ4v) is 6.04. The highest BCUT2D eigenvalue weighted by atomic mass is 19.1. The Bertz CT molecular complexity index is 1700. The van der Waals surface area contributed by atoms with Crippen molar-refractivity contribution >= 4 is 22.8 Å². The van der Waals surface area contributed by atoms with Gasteiger partial charge in [0.2, 0.25) is 0 Å². The standard InChI is InChI=1S/C36H33FN2O3/c37-32-16-14-28(15-17-32)27-10-8-25(9-11-27)23-39-19-18-30-20-31(26-4-2-1-3-5-26)21-33(34(30)39)35(40)38-22-24-6-12-29(13-7-24)36(41)42/h1-5,8-11,14-21,24,29H,6-7,12-13,22-23H2,(H,38,40)(H,41,42). The molecule has 0 atom stereocenters. The van der Waals surface area contributed by atoms with Gasteiger partial charge in [0.1, 0.15) is 5.82 Å². The predicted molar refractivity (Wildman–Crippen MR) is 164 cm³/mol. The number of hydrogen-bond donors (Lipinski definition) is 2. The summed E-state index contributed by atoms with van der Waals surface area (Å²) in [6.07, 6.45) is 4.96. The van der Waals surface area contributed by atoms with E-state index in [1.165, 1.54) is 12.1 Å². The topological polar surface area (TPSA) is 71.3 Å². The molecule has 0 aliphatic heterocycles. The van der Waals surface area contributed by atoms with E-state index in [0.717, 1.165) is 51.6 Å². The Kier molecular flexibility index (Phi) is 7.87. The number of carboxylic acids is 1. The third-order valence-corrected chi connectivity index (χ3v) is 8.44. The predicted octanol–water partition coefficient (Wildman–Crippen LogP) is 7.78. The van der Waals surface area contributed by atoms with Crippen molar-refractivity contribution < 1.29 is 19.1 Å². The second-order valence-corrected chi connectivity index (χ2v) is 11.2. The van der Waals surface area contributed by atoms with Crippen LogP contribution in [0.1, 0.15) is 41.6 Å². The molecule has 1 aliphatic rings. The number of benzene rings is 4. The van der Waals surface area contributed by atoms with Crippen LogP contribution in [0.3, 0.4) is 0 Å². The Labute approximate surface area is 244 Å². The first-order valence-corrected chi connectivity index (χ1v) is 14.5. The highest BCUT2D eigenvalue weighted by Crippen LogP contribution is 2.31. The molecule has 0 radical (unpaired) electrons. The van der Waals surface area contributed by atoms with Crippen molar-refractivity contribution in [1.29, 1.82) is 0 Å². The number of fused-ring (bicyclic) bond motifs is 1. The van der Waals surface area contributed by atoms with Gasteiger partial charge in [0.25, 0.3) is 5.91 Å². The van der Waals surface area contributed by atoms with Gasteiger partial charge in [0, 0.05) is 24.7 Å². The molecular formula is C36H33FN2O3. The smallest absolute Gasteiger partial charge is 0.306 e. The molecule has 2 N–H and O–H groups in total. The van der Waals surface area contributed by atoms with Crippen LogP contribution in [-0.2, 0) is 11.3 Å². The minimum absolute atomic E-state index is 0.121. The summed E-state index contributed by atoms with van der Waals surface area (Å²) in [5, 5.41) is 13.5. The van der Waals surface area contributed by atoms with Gasteiger partial charge in [-0.25, -0.2) is 4.39 Å². The van der Waals surface area contributed by atoms with E-state index in [-0.39, 0.29) is 23.6 Å². The SMILES string of the molecule is O=C(NCC1CCC(C(=O)O)CC1)c1cc(-c2ccccc2)cc2ccn(Cc3ccc(-c4ccc(F)cc4)cc3)c12. The molecule has 5 aromatic rings. The Hall–Kier alpha value is -4.71. The number of rotatable bonds is 8. The van der Waals surface area contributed by atoms with Crippen molar-refractivity contribution in [3.8, 4) is 22.3 Å². The fraction of sp³-hybridized carbons (Fsp3) is 0.222. The molecule has 1 aromatic heterocycles. The van der Waals surface area contributed by atoms with E-state index in [4.69, 9.17) is 0 Å². The summed E-state index contributed by atoms with van der Waals surface area (Å²) in [5.74, 6) is -1.08. The molecule has 0 saturated heterocycles. The summed E-state index contributed by atoms with van der Waals surface area (Å²) < 4.78 is 15.5. The van der Waals surface area contributed by atoms with Gasteiger partial charge in [0.05, 0.1) is 17.0 Å². The number of nitrogens with one attached hydrogen (secondary N) is 1. The largest absolute Gasteiger partial charge is 0.481 e. The molecule has 6 rings (SSSR count). The number of halogens is 1. The van der Waals surface area contributed by atoms with Crippen LogP contribution in [0, 0.1) is 17.7 Å². The fourth-order valence-electron chi connectivity index (χ4n) is 6.04. The van der Waals surface area contributed by atoms with Crippen LogP contribution < -0.4 is 5.32 Å². The van der Waals surface area contributed by atoms with Gasteiger partial charge in [-0.2, -0.15) is 0 Å². The van der Waals surface area contributed by atoms with E-state index >= 15 is 0 Å². The van der Waals surface area contributed by atoms with E-state index in [1.54, 1.807) is 12.1 Å². The van der Waals surface area contributed by atoms with Crippen LogP contribution in [0.5, 0.6) is 0 Å². The second kappa shape index (κ2) is 12.0. The van der Waals surface area contributed by atoms with Crippen molar-refractivity contribution in [2.45, 2.75) is 32.2 Å². The monoisotopic (exact) mass is 560 g/mol. The molecule has 5 nitrogen and oxygen atoms in total. The Morgan fingerprint density at radius 1 is 0.786 bits per heavy atom. The lowest BCUT2D eigenvalue weighted by Gasteiger charge is -2.26. The Morgan fingerprint density at radius 2 is 1.43 bits per heavy atom. The van der Waals surface area contributed by atoms with Crippen LogP contribution in [0.2, 0.25) is 0 Å². The average molecular weight is 561 g/mol. The minimum Gasteiger partial charge on any atom is -0.481 e. The molecule has 1 amide bonds. The summed E-state index contributed by atoms with van der Waals surface area (Å²) in [7, 11) is 0. The highest BCUT2D eigenvalue weighted by molar-refractivity contribution is 6.08. The van der Waals surface area contributed by atoms with Gasteiger partial charge in [0.15, 0.2) is 0 Å². The summed E-state index contributed by atoms with van der Waals surface area (Å²) in [5.41, 5.74) is 6.59. The second-order valence-electron chi connectivity index (χ2n) is 11.2. The highest BCUT2D eigenvalue weighted by Gasteiger charge is 2.26. The van der Waals surface area contributed by atoms with Gasteiger partial charge in [-0.15, -0.1) is 0 Å². The zero-order valence-electron chi connectivity index (χ0n) is 23.3. The van der Waals surface area contributed by atoms with Crippen molar-refractivity contribution in [2.24, 2.45) is 11.8 Å². The quantitative estimate of drug-likeness (QED) is 0.204. The maximum Gasteiger partial charge on any atom is 0.306 e. The van der Waals surface area contributed by atoms with Crippen LogP contribution in [0.25, 0.3) is 33.2 Å². The van der Waals surface area contributed by atoms with Gasteiger partial charge in [-0.3, -0.25) is 9.59 Å². The number of carbonyl (C=O) groups excluding carboxylic acids is 1. The Morgan fingerprint density at radius 3 is 2.10 bits per heavy atom. The van der Waals surface area contributed by atoms with Crippen LogP contribution in [0.15, 0.2) is 103 Å². The zero-order chi connectivity index (χ0) is 29.1. The first-order chi connectivity index (χ1) is 20.4. The number of aliphatic carboxylic acids is 1. The lowest BCUT2D eigenvalue weighted by Crippen LogP contribution is -2.32. The zero-order valence-corrected chi connectivity index (χ0v) is 23.3. The van der Waals surface area contributed by atoms with E-state index in [1.807, 2.05) is 54.7 Å². The molecule has 1 heterocycles. The van der Waals surface area contributed by atoms with Gasteiger partial charge < -0.3 is 15.0 Å². The molecule has 0 unspecified atom stereocenters. The lowest BCUT2D eigenvalue weighted by atomic mass is 9.82. The molecule has 1 aliphatic carbocycles. The maximum absolute atomic E-state index is 13.7. The summed E-state index contributed by atoms with van der Waals surface area (Å²) in [6, 6.07) is 30.9. The average Bonchev–Trinajstić information content (AvgIpc) is 3.43. The van der Waals surface area contributed by atoms with Crippen molar-refractivity contribution in [3.05, 3.63) is 120 Å². The number of hydrogen-bond acceptors (Lipinski definition) is 2. The molecule has 42 heavy (non-hydrogen) atoms. The molecule has 6 heteroatoms. The maximum atomic E-state index is 13.7. The van der Waals surface area contributed by atoms with Gasteiger partial charge in [-0.05, 0) is 89.8 Å². The van der Waals surface area contributed by atoms with Crippen molar-refractivity contribution in [1.82, 2.24) is 9.88 Å². The molecule has 0 bridgehead atoms.